The van der Waals surface area contributed by atoms with Crippen LogP contribution in [0.15, 0.2) is 12.1 Å². The summed E-state index contributed by atoms with van der Waals surface area (Å²) in [6, 6.07) is 3.79. The molecule has 3 fully saturated rings. The largest absolute Gasteiger partial charge is 0.385 e. The third-order valence-electron chi connectivity index (χ3n) is 4.60. The second kappa shape index (κ2) is 4.69. The Morgan fingerprint density at radius 2 is 2.05 bits per heavy atom. The van der Waals surface area contributed by atoms with Gasteiger partial charge >= 0.3 is 0 Å². The molecule has 104 valence electrons. The van der Waals surface area contributed by atoms with Gasteiger partial charge in [-0.25, -0.2) is 0 Å². The van der Waals surface area contributed by atoms with Gasteiger partial charge in [-0.1, -0.05) is 0 Å². The Labute approximate surface area is 118 Å². The molecule has 2 N–H and O–H groups in total. The van der Waals surface area contributed by atoms with E-state index in [0.29, 0.717) is 11.7 Å². The highest BCUT2D eigenvalue weighted by Crippen LogP contribution is 2.32. The van der Waals surface area contributed by atoms with Crippen molar-refractivity contribution >= 4 is 17.1 Å². The summed E-state index contributed by atoms with van der Waals surface area (Å²) in [6.45, 7) is 7.04. The minimum absolute atomic E-state index is 0.214. The number of rotatable bonds is 3. The molecule has 0 aromatic carbocycles. The van der Waals surface area contributed by atoms with E-state index in [-0.39, 0.29) is 5.92 Å². The number of fused-ring (bicyclic) bond motifs is 3. The Hall–Kier alpha value is -0.710. The molecule has 0 spiro atoms. The van der Waals surface area contributed by atoms with Crippen molar-refractivity contribution in [3.8, 4) is 0 Å². The fraction of sp³-hybridized carbons (Fsp3) is 0.667. The fourth-order valence-corrected chi connectivity index (χ4v) is 4.43. The van der Waals surface area contributed by atoms with Gasteiger partial charge in [-0.2, -0.15) is 0 Å². The van der Waals surface area contributed by atoms with Gasteiger partial charge in [-0.05, 0) is 31.9 Å². The van der Waals surface area contributed by atoms with E-state index >= 15 is 0 Å². The summed E-state index contributed by atoms with van der Waals surface area (Å²) in [6.07, 6.45) is 2.41. The zero-order chi connectivity index (χ0) is 13.6. The Bertz CT molecular complexity index is 481. The molecule has 3 aliphatic rings. The van der Waals surface area contributed by atoms with E-state index in [2.05, 4.69) is 0 Å². The van der Waals surface area contributed by atoms with Crippen LogP contribution in [0.25, 0.3) is 0 Å². The van der Waals surface area contributed by atoms with E-state index in [1.54, 1.807) is 18.7 Å². The van der Waals surface area contributed by atoms with Gasteiger partial charge in [0.2, 0.25) is 0 Å². The molecule has 1 atom stereocenters. The van der Waals surface area contributed by atoms with Gasteiger partial charge in [-0.3, -0.25) is 4.79 Å². The van der Waals surface area contributed by atoms with E-state index in [1.165, 1.54) is 37.3 Å². The number of carbonyl (C=O) groups is 1. The van der Waals surface area contributed by atoms with Crippen molar-refractivity contribution in [2.45, 2.75) is 32.3 Å². The van der Waals surface area contributed by atoms with Gasteiger partial charge in [0, 0.05) is 17.7 Å². The Morgan fingerprint density at radius 1 is 1.37 bits per heavy atom. The predicted molar refractivity (Wildman–Crippen MR) is 75.7 cm³/mol. The summed E-state index contributed by atoms with van der Waals surface area (Å²) in [5.41, 5.74) is -0.844. The first-order valence-electron chi connectivity index (χ1n) is 7.15. The Morgan fingerprint density at radius 3 is 2.53 bits per heavy atom. The highest BCUT2D eigenvalue weighted by atomic mass is 32.1. The molecule has 4 heterocycles. The second-order valence-electron chi connectivity index (χ2n) is 6.49. The minimum atomic E-state index is -0.844. The lowest BCUT2D eigenvalue weighted by atomic mass is 9.76. The summed E-state index contributed by atoms with van der Waals surface area (Å²) in [5, 5.41) is 9.99. The van der Waals surface area contributed by atoms with Crippen molar-refractivity contribution in [3.63, 3.8) is 0 Å². The number of hydrogen-bond acceptors (Lipinski definition) is 3. The number of quaternary nitrogens is 1. The maximum Gasteiger partial charge on any atom is 0.181 e. The van der Waals surface area contributed by atoms with Crippen molar-refractivity contribution in [3.05, 3.63) is 21.9 Å². The van der Waals surface area contributed by atoms with E-state index < -0.39 is 5.60 Å². The van der Waals surface area contributed by atoms with Gasteiger partial charge < -0.3 is 10.0 Å². The molecule has 1 aromatic heterocycles. The molecule has 1 aromatic rings. The highest BCUT2D eigenvalue weighted by Gasteiger charge is 2.41. The molecule has 19 heavy (non-hydrogen) atoms. The van der Waals surface area contributed by atoms with E-state index in [9.17, 15) is 9.90 Å². The molecule has 0 saturated carbocycles. The quantitative estimate of drug-likeness (QED) is 0.814. The third-order valence-corrected chi connectivity index (χ3v) is 6.02. The van der Waals surface area contributed by atoms with Crippen molar-refractivity contribution in [1.29, 1.82) is 0 Å². The Kier molecular flexibility index (Phi) is 3.28. The average Bonchev–Trinajstić information content (AvgIpc) is 2.88. The SMILES string of the molecule is CC(C)(O)c1ccc(C(=O)C2C[NH+]3CCC2CC3)s1. The van der Waals surface area contributed by atoms with Crippen LogP contribution in [0.5, 0.6) is 0 Å². The first-order chi connectivity index (χ1) is 8.95. The summed E-state index contributed by atoms with van der Waals surface area (Å²) in [5.74, 6) is 1.12. The Balaban J connectivity index is 1.79. The van der Waals surface area contributed by atoms with Crippen LogP contribution < -0.4 is 4.90 Å². The van der Waals surface area contributed by atoms with E-state index in [4.69, 9.17) is 0 Å². The normalized spacial score (nSPS) is 30.6. The van der Waals surface area contributed by atoms with Crippen LogP contribution in [-0.2, 0) is 5.60 Å². The number of nitrogens with one attached hydrogen (secondary N) is 1. The molecule has 4 heteroatoms. The molecule has 0 radical (unpaired) electrons. The average molecular weight is 280 g/mol. The number of aliphatic hydroxyl groups is 1. The van der Waals surface area contributed by atoms with Gasteiger partial charge in [0.1, 0.15) is 0 Å². The van der Waals surface area contributed by atoms with Crippen molar-refractivity contribution in [2.24, 2.45) is 11.8 Å². The van der Waals surface area contributed by atoms with Gasteiger partial charge in [0.25, 0.3) is 0 Å². The van der Waals surface area contributed by atoms with Gasteiger partial charge in [0.05, 0.1) is 36.0 Å². The van der Waals surface area contributed by atoms with Crippen LogP contribution in [0.2, 0.25) is 0 Å². The van der Waals surface area contributed by atoms with Crippen LogP contribution >= 0.6 is 11.3 Å². The van der Waals surface area contributed by atoms with Crippen LogP contribution in [-0.4, -0.2) is 30.5 Å². The van der Waals surface area contributed by atoms with Gasteiger partial charge in [0.15, 0.2) is 5.78 Å². The smallest absolute Gasteiger partial charge is 0.181 e. The summed E-state index contributed by atoms with van der Waals surface area (Å²) in [4.78, 5) is 16.0. The van der Waals surface area contributed by atoms with Crippen molar-refractivity contribution < 1.29 is 14.8 Å². The molecule has 0 aliphatic carbocycles. The van der Waals surface area contributed by atoms with Crippen LogP contribution in [0.3, 0.4) is 0 Å². The molecule has 2 bridgehead atoms. The first kappa shape index (κ1) is 13.3. The number of piperidine rings is 3. The zero-order valence-corrected chi connectivity index (χ0v) is 12.4. The fourth-order valence-electron chi connectivity index (χ4n) is 3.42. The molecule has 4 rings (SSSR count). The van der Waals surface area contributed by atoms with Crippen molar-refractivity contribution in [1.82, 2.24) is 0 Å². The molecule has 3 nitrogen and oxygen atoms in total. The van der Waals surface area contributed by atoms with Crippen LogP contribution in [0, 0.1) is 11.8 Å². The molecular formula is C15H22NO2S+. The molecular weight excluding hydrogens is 258 g/mol. The van der Waals surface area contributed by atoms with E-state index in [1.807, 2.05) is 12.1 Å². The second-order valence-corrected chi connectivity index (χ2v) is 7.57. The summed E-state index contributed by atoms with van der Waals surface area (Å²) < 4.78 is 0. The first-order valence-corrected chi connectivity index (χ1v) is 7.97. The molecule has 0 amide bonds. The lowest BCUT2D eigenvalue weighted by Crippen LogP contribution is -3.16. The minimum Gasteiger partial charge on any atom is -0.385 e. The topological polar surface area (TPSA) is 41.7 Å². The molecule has 3 saturated heterocycles. The number of thiophene rings is 1. The maximum atomic E-state index is 12.6. The zero-order valence-electron chi connectivity index (χ0n) is 11.6. The number of carbonyl (C=O) groups excluding carboxylic acids is 1. The molecule has 1 unspecified atom stereocenters. The molecule has 3 aliphatic heterocycles. The number of hydrogen-bond donors (Lipinski definition) is 2. The lowest BCUT2D eigenvalue weighted by molar-refractivity contribution is -0.919. The van der Waals surface area contributed by atoms with E-state index in [0.717, 1.165) is 16.3 Å². The number of Topliss-reactive ketones (excluding diaryl/α,β-unsaturated/α-hetero) is 1. The lowest BCUT2D eigenvalue weighted by Gasteiger charge is -2.40. The predicted octanol–water partition coefficient (Wildman–Crippen LogP) is 1.08. The standard InChI is InChI=1S/C15H21NO2S/c1-15(2,18)13-4-3-12(19-13)14(17)11-9-16-7-5-10(11)6-8-16/h3-4,10-11,18H,5-9H2,1-2H3/p+1. The highest BCUT2D eigenvalue weighted by molar-refractivity contribution is 7.14. The summed E-state index contributed by atoms with van der Waals surface area (Å²) in [7, 11) is 0. The number of ketones is 1. The monoisotopic (exact) mass is 280 g/mol. The third kappa shape index (κ3) is 2.49. The van der Waals surface area contributed by atoms with Crippen LogP contribution in [0.4, 0.5) is 0 Å². The van der Waals surface area contributed by atoms with Gasteiger partial charge in [-0.15, -0.1) is 11.3 Å². The van der Waals surface area contributed by atoms with Crippen molar-refractivity contribution in [2.75, 3.05) is 19.6 Å². The summed E-state index contributed by atoms with van der Waals surface area (Å²) >= 11 is 1.46. The maximum absolute atomic E-state index is 12.6. The van der Waals surface area contributed by atoms with Crippen LogP contribution in [0.1, 0.15) is 41.2 Å².